The van der Waals surface area contributed by atoms with Crippen molar-refractivity contribution in [1.82, 2.24) is 4.98 Å². The minimum absolute atomic E-state index is 0.171. The molecule has 2 aromatic rings. The molecule has 0 saturated carbocycles. The fourth-order valence-corrected chi connectivity index (χ4v) is 1.75. The predicted molar refractivity (Wildman–Crippen MR) is 63.5 cm³/mol. The molecule has 0 saturated heterocycles. The lowest BCUT2D eigenvalue weighted by Crippen LogP contribution is -2.09. The van der Waals surface area contributed by atoms with E-state index in [0.717, 1.165) is 17.7 Å². The van der Waals surface area contributed by atoms with Crippen molar-refractivity contribution < 1.29 is 13.6 Å². The summed E-state index contributed by atoms with van der Waals surface area (Å²) in [6.07, 6.45) is 1.54. The highest BCUT2D eigenvalue weighted by atomic mass is 19.1. The Bertz CT molecular complexity index is 570. The van der Waals surface area contributed by atoms with E-state index < -0.39 is 17.4 Å². The van der Waals surface area contributed by atoms with Gasteiger partial charge in [0.25, 0.3) is 0 Å². The van der Waals surface area contributed by atoms with Crippen LogP contribution in [0.4, 0.5) is 8.78 Å². The number of pyridine rings is 1. The number of rotatable bonds is 2. The smallest absolute Gasteiger partial charge is 0.214 e. The third-order valence-corrected chi connectivity index (χ3v) is 2.61. The van der Waals surface area contributed by atoms with Crippen LogP contribution in [0.5, 0.6) is 0 Å². The quantitative estimate of drug-likeness (QED) is 0.763. The second-order valence-electron chi connectivity index (χ2n) is 4.13. The van der Waals surface area contributed by atoms with Crippen molar-refractivity contribution in [1.29, 1.82) is 0 Å². The number of aromatic nitrogens is 1. The minimum atomic E-state index is -0.873. The van der Waals surface area contributed by atoms with Crippen molar-refractivity contribution in [2.75, 3.05) is 0 Å². The molecule has 4 heteroatoms. The largest absolute Gasteiger partial charge is 0.287 e. The molecule has 0 N–H and O–H groups in total. The maximum Gasteiger partial charge on any atom is 0.214 e. The SMILES string of the molecule is Cc1cnc(C(=O)c2ccc(F)cc2F)c(C)c1. The summed E-state index contributed by atoms with van der Waals surface area (Å²) in [5.74, 6) is -2.12. The number of carbonyl (C=O) groups is 1. The number of carbonyl (C=O) groups excluding carboxylic acids is 1. The first-order valence-electron chi connectivity index (χ1n) is 5.42. The zero-order chi connectivity index (χ0) is 13.3. The van der Waals surface area contributed by atoms with Crippen LogP contribution in [0.2, 0.25) is 0 Å². The molecule has 1 aromatic heterocycles. The van der Waals surface area contributed by atoms with Gasteiger partial charge >= 0.3 is 0 Å². The van der Waals surface area contributed by atoms with Crippen LogP contribution in [0.1, 0.15) is 27.2 Å². The molecular formula is C14H11F2NO. The minimum Gasteiger partial charge on any atom is -0.287 e. The lowest BCUT2D eigenvalue weighted by molar-refractivity contribution is 0.103. The molecule has 0 fully saturated rings. The highest BCUT2D eigenvalue weighted by Gasteiger charge is 2.17. The Labute approximate surface area is 103 Å². The summed E-state index contributed by atoms with van der Waals surface area (Å²) in [6, 6.07) is 4.67. The van der Waals surface area contributed by atoms with E-state index in [9.17, 15) is 13.6 Å². The second-order valence-corrected chi connectivity index (χ2v) is 4.13. The van der Waals surface area contributed by atoms with E-state index >= 15 is 0 Å². The Morgan fingerprint density at radius 3 is 2.50 bits per heavy atom. The molecule has 0 spiro atoms. The van der Waals surface area contributed by atoms with E-state index in [1.165, 1.54) is 0 Å². The first-order chi connectivity index (χ1) is 8.49. The van der Waals surface area contributed by atoms with Gasteiger partial charge in [-0.2, -0.15) is 0 Å². The maximum atomic E-state index is 13.5. The van der Waals surface area contributed by atoms with Crippen molar-refractivity contribution in [2.45, 2.75) is 13.8 Å². The third kappa shape index (κ3) is 2.27. The first kappa shape index (κ1) is 12.4. The van der Waals surface area contributed by atoms with Crippen LogP contribution in [0.25, 0.3) is 0 Å². The van der Waals surface area contributed by atoms with Gasteiger partial charge < -0.3 is 0 Å². The van der Waals surface area contributed by atoms with Gasteiger partial charge in [-0.15, -0.1) is 0 Å². The number of hydrogen-bond acceptors (Lipinski definition) is 2. The summed E-state index contributed by atoms with van der Waals surface area (Å²) < 4.78 is 26.3. The van der Waals surface area contributed by atoms with E-state index in [1.807, 2.05) is 6.92 Å². The fourth-order valence-electron chi connectivity index (χ4n) is 1.75. The normalized spacial score (nSPS) is 10.4. The Kier molecular flexibility index (Phi) is 3.19. The molecular weight excluding hydrogens is 236 g/mol. The van der Waals surface area contributed by atoms with Crippen LogP contribution in [0.15, 0.2) is 30.5 Å². The maximum absolute atomic E-state index is 13.5. The van der Waals surface area contributed by atoms with Gasteiger partial charge in [0.15, 0.2) is 0 Å². The number of benzene rings is 1. The number of nitrogens with zero attached hydrogens (tertiary/aromatic N) is 1. The van der Waals surface area contributed by atoms with Crippen LogP contribution in [0.3, 0.4) is 0 Å². The van der Waals surface area contributed by atoms with Crippen molar-refractivity contribution in [2.24, 2.45) is 0 Å². The molecule has 0 aliphatic carbocycles. The lowest BCUT2D eigenvalue weighted by atomic mass is 10.0. The van der Waals surface area contributed by atoms with E-state index in [0.29, 0.717) is 11.6 Å². The van der Waals surface area contributed by atoms with Gasteiger partial charge in [-0.3, -0.25) is 9.78 Å². The average molecular weight is 247 g/mol. The Morgan fingerprint density at radius 1 is 1.17 bits per heavy atom. The monoisotopic (exact) mass is 247 g/mol. The zero-order valence-electron chi connectivity index (χ0n) is 10.00. The summed E-state index contributed by atoms with van der Waals surface area (Å²) in [7, 11) is 0. The van der Waals surface area contributed by atoms with E-state index in [4.69, 9.17) is 0 Å². The average Bonchev–Trinajstić information content (AvgIpc) is 2.28. The van der Waals surface area contributed by atoms with Gasteiger partial charge in [-0.25, -0.2) is 8.78 Å². The molecule has 0 atom stereocenters. The van der Waals surface area contributed by atoms with Crippen LogP contribution in [-0.2, 0) is 0 Å². The molecule has 92 valence electrons. The molecule has 1 heterocycles. The predicted octanol–water partition coefficient (Wildman–Crippen LogP) is 3.21. The second kappa shape index (κ2) is 4.64. The summed E-state index contributed by atoms with van der Waals surface area (Å²) in [6.45, 7) is 3.58. The zero-order valence-corrected chi connectivity index (χ0v) is 10.00. The highest BCUT2D eigenvalue weighted by molar-refractivity contribution is 6.08. The number of aryl methyl sites for hydroxylation is 2. The molecule has 0 aliphatic heterocycles. The van der Waals surface area contributed by atoms with Crippen LogP contribution < -0.4 is 0 Å². The van der Waals surface area contributed by atoms with Crippen molar-refractivity contribution >= 4 is 5.78 Å². The number of hydrogen-bond donors (Lipinski definition) is 0. The topological polar surface area (TPSA) is 30.0 Å². The summed E-state index contributed by atoms with van der Waals surface area (Å²) in [5.41, 5.74) is 1.61. The van der Waals surface area contributed by atoms with Gasteiger partial charge in [0, 0.05) is 12.3 Å². The third-order valence-electron chi connectivity index (χ3n) is 2.61. The molecule has 0 amide bonds. The Morgan fingerprint density at radius 2 is 1.89 bits per heavy atom. The fraction of sp³-hybridized carbons (Fsp3) is 0.143. The molecule has 18 heavy (non-hydrogen) atoms. The Balaban J connectivity index is 2.48. The molecule has 2 nitrogen and oxygen atoms in total. The standard InChI is InChI=1S/C14H11F2NO/c1-8-5-9(2)13(17-7-8)14(18)11-4-3-10(15)6-12(11)16/h3-7H,1-2H3. The first-order valence-corrected chi connectivity index (χ1v) is 5.42. The molecule has 0 bridgehead atoms. The van der Waals surface area contributed by atoms with Crippen LogP contribution in [0, 0.1) is 25.5 Å². The molecule has 0 unspecified atom stereocenters. The van der Waals surface area contributed by atoms with Crippen molar-refractivity contribution in [3.8, 4) is 0 Å². The molecule has 1 aromatic carbocycles. The highest BCUT2D eigenvalue weighted by Crippen LogP contribution is 2.16. The summed E-state index contributed by atoms with van der Waals surface area (Å²) in [4.78, 5) is 16.1. The van der Waals surface area contributed by atoms with Gasteiger partial charge in [0.1, 0.15) is 17.3 Å². The lowest BCUT2D eigenvalue weighted by Gasteiger charge is -2.06. The van der Waals surface area contributed by atoms with Crippen molar-refractivity contribution in [3.05, 3.63) is 64.5 Å². The van der Waals surface area contributed by atoms with Gasteiger partial charge in [-0.05, 0) is 37.1 Å². The van der Waals surface area contributed by atoms with Gasteiger partial charge in [-0.1, -0.05) is 6.07 Å². The summed E-state index contributed by atoms with van der Waals surface area (Å²) >= 11 is 0. The van der Waals surface area contributed by atoms with E-state index in [2.05, 4.69) is 4.98 Å². The van der Waals surface area contributed by atoms with Crippen LogP contribution in [-0.4, -0.2) is 10.8 Å². The van der Waals surface area contributed by atoms with E-state index in [1.54, 1.807) is 19.2 Å². The van der Waals surface area contributed by atoms with E-state index in [-0.39, 0.29) is 11.3 Å². The van der Waals surface area contributed by atoms with Crippen LogP contribution >= 0.6 is 0 Å². The van der Waals surface area contributed by atoms with Crippen molar-refractivity contribution in [3.63, 3.8) is 0 Å². The number of ketones is 1. The van der Waals surface area contributed by atoms with Gasteiger partial charge in [0.05, 0.1) is 5.56 Å². The Hall–Kier alpha value is -2.10. The van der Waals surface area contributed by atoms with Gasteiger partial charge in [0.2, 0.25) is 5.78 Å². The number of halogens is 2. The molecule has 0 aliphatic rings. The molecule has 2 rings (SSSR count). The molecule has 0 radical (unpaired) electrons. The summed E-state index contributed by atoms with van der Waals surface area (Å²) in [5, 5.41) is 0.